The van der Waals surface area contributed by atoms with Gasteiger partial charge in [0.15, 0.2) is 0 Å². The molecule has 0 bridgehead atoms. The van der Waals surface area contributed by atoms with Gasteiger partial charge >= 0.3 is 0 Å². The normalized spacial score (nSPS) is 11.1. The summed E-state index contributed by atoms with van der Waals surface area (Å²) in [4.78, 5) is 12.4. The number of carbonyl (C=O) groups excluding carboxylic acids is 1. The fourth-order valence-corrected chi connectivity index (χ4v) is 4.15. The van der Waals surface area contributed by atoms with Gasteiger partial charge < -0.3 is 10.1 Å². The summed E-state index contributed by atoms with van der Waals surface area (Å²) in [6.07, 6.45) is 0. The Morgan fingerprint density at radius 2 is 1.80 bits per heavy atom. The minimum Gasteiger partial charge on any atom is -0.495 e. The van der Waals surface area contributed by atoms with Crippen LogP contribution < -0.4 is 14.8 Å². The third kappa shape index (κ3) is 5.02. The molecule has 0 aliphatic carbocycles. The maximum absolute atomic E-state index is 13.4. The van der Waals surface area contributed by atoms with Gasteiger partial charge in [0.25, 0.3) is 15.9 Å². The van der Waals surface area contributed by atoms with Gasteiger partial charge in [-0.3, -0.25) is 9.52 Å². The lowest BCUT2D eigenvalue weighted by atomic mass is 10.2. The highest BCUT2D eigenvalue weighted by Crippen LogP contribution is 2.30. The molecule has 10 heteroatoms. The molecule has 2 N–H and O–H groups in total. The van der Waals surface area contributed by atoms with E-state index in [1.165, 1.54) is 61.7 Å². The van der Waals surface area contributed by atoms with E-state index in [0.717, 1.165) is 6.07 Å². The fourth-order valence-electron chi connectivity index (χ4n) is 2.58. The van der Waals surface area contributed by atoms with Crippen LogP contribution in [-0.2, 0) is 10.0 Å². The lowest BCUT2D eigenvalue weighted by Gasteiger charge is -2.14. The number of sulfonamides is 1. The van der Waals surface area contributed by atoms with Gasteiger partial charge in [0.1, 0.15) is 11.6 Å². The molecule has 156 valence electrons. The number of methoxy groups -OCH3 is 1. The van der Waals surface area contributed by atoms with Crippen molar-refractivity contribution >= 4 is 50.5 Å². The van der Waals surface area contributed by atoms with Crippen LogP contribution in [0.3, 0.4) is 0 Å². The summed E-state index contributed by atoms with van der Waals surface area (Å²) in [6.45, 7) is 0. The second-order valence-corrected chi connectivity index (χ2v) is 8.58. The minimum atomic E-state index is -4.06. The highest BCUT2D eigenvalue weighted by atomic mass is 35.5. The average molecular weight is 469 g/mol. The third-order valence-corrected chi connectivity index (χ3v) is 5.91. The van der Waals surface area contributed by atoms with E-state index >= 15 is 0 Å². The van der Waals surface area contributed by atoms with Gasteiger partial charge in [0.2, 0.25) is 0 Å². The quantitative estimate of drug-likeness (QED) is 0.520. The van der Waals surface area contributed by atoms with Crippen LogP contribution >= 0.6 is 23.2 Å². The Balaban J connectivity index is 1.92. The van der Waals surface area contributed by atoms with E-state index in [0.29, 0.717) is 5.02 Å². The number of benzene rings is 3. The van der Waals surface area contributed by atoms with Crippen molar-refractivity contribution in [2.45, 2.75) is 4.90 Å². The van der Waals surface area contributed by atoms with E-state index < -0.39 is 21.7 Å². The van der Waals surface area contributed by atoms with E-state index in [-0.39, 0.29) is 32.6 Å². The first-order valence-corrected chi connectivity index (χ1v) is 10.7. The van der Waals surface area contributed by atoms with Crippen LogP contribution in [0, 0.1) is 5.82 Å². The summed E-state index contributed by atoms with van der Waals surface area (Å²) < 4.78 is 46.2. The number of amides is 1. The molecule has 3 aromatic rings. The second kappa shape index (κ2) is 8.91. The molecule has 0 heterocycles. The Morgan fingerprint density at radius 1 is 1.03 bits per heavy atom. The van der Waals surface area contributed by atoms with Crippen molar-refractivity contribution in [3.63, 3.8) is 0 Å². The molecule has 0 saturated carbocycles. The highest BCUT2D eigenvalue weighted by Gasteiger charge is 2.19. The van der Waals surface area contributed by atoms with E-state index in [2.05, 4.69) is 10.0 Å². The Morgan fingerprint density at radius 3 is 2.47 bits per heavy atom. The number of carbonyl (C=O) groups is 1. The van der Waals surface area contributed by atoms with Crippen molar-refractivity contribution in [1.29, 1.82) is 0 Å². The van der Waals surface area contributed by atoms with Crippen LogP contribution in [0.25, 0.3) is 0 Å². The fraction of sp³-hybridized carbons (Fsp3) is 0.0500. The largest absolute Gasteiger partial charge is 0.495 e. The van der Waals surface area contributed by atoms with Crippen molar-refractivity contribution in [2.24, 2.45) is 0 Å². The van der Waals surface area contributed by atoms with Gasteiger partial charge in [-0.2, -0.15) is 0 Å². The van der Waals surface area contributed by atoms with Crippen molar-refractivity contribution in [3.8, 4) is 5.75 Å². The zero-order valence-electron chi connectivity index (χ0n) is 15.4. The molecule has 3 rings (SSSR count). The zero-order valence-corrected chi connectivity index (χ0v) is 17.8. The summed E-state index contributed by atoms with van der Waals surface area (Å²) in [5.41, 5.74) is 0.314. The Kier molecular flexibility index (Phi) is 6.50. The number of halogens is 3. The molecule has 1 amide bonds. The first-order chi connectivity index (χ1) is 14.2. The number of anilines is 2. The number of rotatable bonds is 6. The molecule has 3 aromatic carbocycles. The summed E-state index contributed by atoms with van der Waals surface area (Å²) >= 11 is 11.9. The molecule has 0 aliphatic rings. The third-order valence-electron chi connectivity index (χ3n) is 3.98. The maximum atomic E-state index is 13.4. The summed E-state index contributed by atoms with van der Waals surface area (Å²) in [7, 11) is -2.68. The first kappa shape index (κ1) is 21.9. The van der Waals surface area contributed by atoms with E-state index in [4.69, 9.17) is 27.9 Å². The summed E-state index contributed by atoms with van der Waals surface area (Å²) in [5.74, 6) is -0.932. The van der Waals surface area contributed by atoms with E-state index in [9.17, 15) is 17.6 Å². The van der Waals surface area contributed by atoms with Crippen molar-refractivity contribution in [2.75, 3.05) is 17.1 Å². The predicted octanol–water partition coefficient (Wildman–Crippen LogP) is 5.19. The molecule has 0 saturated heterocycles. The smallest absolute Gasteiger partial charge is 0.261 e. The SMILES string of the molecule is COc1ccc(S(=O)(=O)Nc2cccc(F)c2)cc1NC(=O)c1ccc(Cl)cc1Cl. The molecule has 30 heavy (non-hydrogen) atoms. The molecule has 0 atom stereocenters. The van der Waals surface area contributed by atoms with Crippen LogP contribution in [0.2, 0.25) is 10.0 Å². The number of hydrogen-bond acceptors (Lipinski definition) is 4. The molecular formula is C20H15Cl2FN2O4S. The van der Waals surface area contributed by atoms with Crippen molar-refractivity contribution < 1.29 is 22.3 Å². The molecule has 0 radical (unpaired) electrons. The van der Waals surface area contributed by atoms with Crippen molar-refractivity contribution in [1.82, 2.24) is 0 Å². The van der Waals surface area contributed by atoms with Crippen molar-refractivity contribution in [3.05, 3.63) is 82.1 Å². The van der Waals surface area contributed by atoms with Crippen LogP contribution in [0.4, 0.5) is 15.8 Å². The topological polar surface area (TPSA) is 84.5 Å². The Labute approximate surface area is 182 Å². The average Bonchev–Trinajstić information content (AvgIpc) is 2.67. The number of nitrogens with one attached hydrogen (secondary N) is 2. The predicted molar refractivity (Wildman–Crippen MR) is 115 cm³/mol. The van der Waals surface area contributed by atoms with Gasteiger partial charge in [-0.15, -0.1) is 0 Å². The standard InChI is InChI=1S/C20H15Cl2FN2O4S/c1-29-19-8-6-15(30(27,28)25-14-4-2-3-13(23)10-14)11-18(19)24-20(26)16-7-5-12(21)9-17(16)22/h2-11,25H,1H3,(H,24,26). The van der Waals surface area contributed by atoms with Gasteiger partial charge in [-0.1, -0.05) is 29.3 Å². The Bertz CT molecular complexity index is 1220. The lowest BCUT2D eigenvalue weighted by molar-refractivity contribution is 0.102. The molecule has 6 nitrogen and oxygen atoms in total. The lowest BCUT2D eigenvalue weighted by Crippen LogP contribution is -2.16. The van der Waals surface area contributed by atoms with Gasteiger partial charge in [-0.05, 0) is 54.6 Å². The van der Waals surface area contributed by atoms with Crippen LogP contribution in [0.1, 0.15) is 10.4 Å². The van der Waals surface area contributed by atoms with Gasteiger partial charge in [0, 0.05) is 5.02 Å². The molecular weight excluding hydrogens is 454 g/mol. The molecule has 0 spiro atoms. The highest BCUT2D eigenvalue weighted by molar-refractivity contribution is 7.92. The van der Waals surface area contributed by atoms with Crippen LogP contribution in [0.5, 0.6) is 5.75 Å². The monoisotopic (exact) mass is 468 g/mol. The maximum Gasteiger partial charge on any atom is 0.261 e. The molecule has 0 aromatic heterocycles. The minimum absolute atomic E-state index is 0.0596. The zero-order chi connectivity index (χ0) is 21.9. The van der Waals surface area contributed by atoms with E-state index in [1.54, 1.807) is 0 Å². The van der Waals surface area contributed by atoms with Gasteiger partial charge in [0.05, 0.1) is 34.0 Å². The summed E-state index contributed by atoms with van der Waals surface area (Å²) in [6, 6.07) is 13.3. The van der Waals surface area contributed by atoms with Crippen LogP contribution in [0.15, 0.2) is 65.6 Å². The Hall–Kier alpha value is -2.81. The molecule has 0 fully saturated rings. The molecule has 0 aliphatic heterocycles. The van der Waals surface area contributed by atoms with Gasteiger partial charge in [-0.25, -0.2) is 12.8 Å². The second-order valence-electron chi connectivity index (χ2n) is 6.06. The molecule has 0 unspecified atom stereocenters. The number of hydrogen-bond donors (Lipinski definition) is 2. The first-order valence-electron chi connectivity index (χ1n) is 8.42. The van der Waals surface area contributed by atoms with E-state index in [1.807, 2.05) is 0 Å². The summed E-state index contributed by atoms with van der Waals surface area (Å²) in [5, 5.41) is 3.08. The number of ether oxygens (including phenoxy) is 1. The van der Waals surface area contributed by atoms with Crippen LogP contribution in [-0.4, -0.2) is 21.4 Å².